The molecule has 0 saturated carbocycles. The van der Waals surface area contributed by atoms with Crippen LogP contribution in [0.5, 0.6) is 0 Å². The number of carbonyl (C=O) groups excluding carboxylic acids is 2. The Morgan fingerprint density at radius 1 is 0.964 bits per heavy atom. The summed E-state index contributed by atoms with van der Waals surface area (Å²) < 4.78 is 10.3. The number of halogens is 1. The van der Waals surface area contributed by atoms with Gasteiger partial charge in [0.25, 0.3) is 0 Å². The first-order valence-electron chi connectivity index (χ1n) is 8.28. The second kappa shape index (κ2) is 8.92. The lowest BCUT2D eigenvalue weighted by Gasteiger charge is -2.22. The Labute approximate surface area is 168 Å². The molecule has 0 aliphatic rings. The Bertz CT molecular complexity index is 761. The third-order valence-electron chi connectivity index (χ3n) is 2.66. The Hall–Kier alpha value is -2.81. The minimum Gasteiger partial charge on any atom is -0.478 e. The lowest BCUT2D eigenvalue weighted by molar-refractivity contribution is 0.0543. The van der Waals surface area contributed by atoms with Crippen LogP contribution in [0.4, 0.5) is 15.3 Å². The molecule has 0 heterocycles. The molecule has 154 valence electrons. The van der Waals surface area contributed by atoms with Crippen LogP contribution in [0.1, 0.15) is 51.9 Å². The SMILES string of the molecule is CC(C)(C)OC(=O)NC(=Nc1ccc(C(=O)O)c(Cl)c1)NC(=O)OC(C)(C)C. The summed E-state index contributed by atoms with van der Waals surface area (Å²) in [6.07, 6.45) is -1.70. The van der Waals surface area contributed by atoms with Gasteiger partial charge in [0.05, 0.1) is 16.3 Å². The molecular formula is C18H24ClN3O6. The number of nitrogens with zero attached hydrogens (tertiary/aromatic N) is 1. The smallest absolute Gasteiger partial charge is 0.414 e. The minimum atomic E-state index is -1.19. The van der Waals surface area contributed by atoms with Crippen LogP contribution in [-0.4, -0.2) is 40.4 Å². The molecule has 2 amide bonds. The van der Waals surface area contributed by atoms with E-state index in [1.165, 1.54) is 18.2 Å². The zero-order valence-corrected chi connectivity index (χ0v) is 17.3. The Morgan fingerprint density at radius 2 is 1.43 bits per heavy atom. The Balaban J connectivity index is 3.13. The molecule has 0 radical (unpaired) electrons. The molecule has 1 aromatic carbocycles. The molecule has 3 N–H and O–H groups in total. The molecule has 0 aliphatic heterocycles. The molecule has 10 heteroatoms. The average Bonchev–Trinajstić information content (AvgIpc) is 2.42. The van der Waals surface area contributed by atoms with E-state index in [4.69, 9.17) is 26.2 Å². The summed E-state index contributed by atoms with van der Waals surface area (Å²) in [7, 11) is 0. The van der Waals surface area contributed by atoms with E-state index in [0.717, 1.165) is 0 Å². The summed E-state index contributed by atoms with van der Waals surface area (Å²) in [5.41, 5.74) is -1.46. The van der Waals surface area contributed by atoms with E-state index < -0.39 is 29.4 Å². The first-order valence-corrected chi connectivity index (χ1v) is 8.65. The van der Waals surface area contributed by atoms with Crippen molar-refractivity contribution in [2.45, 2.75) is 52.7 Å². The van der Waals surface area contributed by atoms with E-state index in [1.807, 2.05) is 0 Å². The van der Waals surface area contributed by atoms with Gasteiger partial charge in [0, 0.05) is 0 Å². The number of nitrogens with one attached hydrogen (secondary N) is 2. The highest BCUT2D eigenvalue weighted by molar-refractivity contribution is 6.33. The standard InChI is InChI=1S/C18H24ClN3O6/c1-17(2,3)27-15(25)21-14(22-16(26)28-18(4,5)6)20-10-7-8-11(13(23)24)12(19)9-10/h7-9H,1-6H3,(H,23,24)(H2,20,21,22,25,26). The number of amides is 2. The third-order valence-corrected chi connectivity index (χ3v) is 2.98. The minimum absolute atomic E-state index is 0.0531. The molecule has 0 saturated heterocycles. The molecule has 1 aromatic rings. The van der Waals surface area contributed by atoms with E-state index >= 15 is 0 Å². The lowest BCUT2D eigenvalue weighted by Crippen LogP contribution is -2.47. The fourth-order valence-corrected chi connectivity index (χ4v) is 2.02. The number of hydrogen-bond acceptors (Lipinski definition) is 6. The number of alkyl carbamates (subject to hydrolysis) is 2. The van der Waals surface area contributed by atoms with Crippen molar-refractivity contribution < 1.29 is 29.0 Å². The molecule has 0 aromatic heterocycles. The van der Waals surface area contributed by atoms with E-state index in [0.29, 0.717) is 0 Å². The van der Waals surface area contributed by atoms with Crippen LogP contribution >= 0.6 is 11.6 Å². The molecule has 28 heavy (non-hydrogen) atoms. The van der Waals surface area contributed by atoms with E-state index in [1.54, 1.807) is 41.5 Å². The van der Waals surface area contributed by atoms with Gasteiger partial charge in [0.2, 0.25) is 5.96 Å². The normalized spacial score (nSPS) is 11.2. The van der Waals surface area contributed by atoms with Gasteiger partial charge in [-0.2, -0.15) is 0 Å². The largest absolute Gasteiger partial charge is 0.478 e. The molecule has 0 atom stereocenters. The van der Waals surface area contributed by atoms with Crippen LogP contribution in [-0.2, 0) is 9.47 Å². The highest BCUT2D eigenvalue weighted by Gasteiger charge is 2.21. The first-order chi connectivity index (χ1) is 12.7. The monoisotopic (exact) mass is 413 g/mol. The van der Waals surface area contributed by atoms with Crippen molar-refractivity contribution in [2.75, 3.05) is 0 Å². The van der Waals surface area contributed by atoms with E-state index in [9.17, 15) is 14.4 Å². The maximum Gasteiger partial charge on any atom is 0.414 e. The number of carbonyl (C=O) groups is 3. The van der Waals surface area contributed by atoms with Crippen LogP contribution in [0, 0.1) is 0 Å². The Kier molecular flexibility index (Phi) is 7.40. The van der Waals surface area contributed by atoms with Crippen molar-refractivity contribution >= 4 is 41.4 Å². The number of hydrogen-bond donors (Lipinski definition) is 3. The molecular weight excluding hydrogens is 390 g/mol. The number of carboxylic acids is 1. The van der Waals surface area contributed by atoms with Gasteiger partial charge in [0.1, 0.15) is 11.2 Å². The van der Waals surface area contributed by atoms with E-state index in [2.05, 4.69) is 15.6 Å². The Morgan fingerprint density at radius 3 is 1.79 bits per heavy atom. The van der Waals surface area contributed by atoms with Crippen LogP contribution in [0.3, 0.4) is 0 Å². The summed E-state index contributed by atoms with van der Waals surface area (Å²) >= 11 is 5.92. The van der Waals surface area contributed by atoms with Gasteiger partial charge in [-0.3, -0.25) is 10.6 Å². The summed E-state index contributed by atoms with van der Waals surface area (Å²) in [6.45, 7) is 10.1. The van der Waals surface area contributed by atoms with Crippen molar-refractivity contribution in [3.63, 3.8) is 0 Å². The highest BCUT2D eigenvalue weighted by Crippen LogP contribution is 2.23. The van der Waals surface area contributed by atoms with Crippen molar-refractivity contribution in [1.82, 2.24) is 10.6 Å². The highest BCUT2D eigenvalue weighted by atomic mass is 35.5. The van der Waals surface area contributed by atoms with Gasteiger partial charge < -0.3 is 14.6 Å². The third kappa shape index (κ3) is 8.72. The number of carboxylic acid groups (broad SMARTS) is 1. The summed E-state index contributed by atoms with van der Waals surface area (Å²) in [5, 5.41) is 13.6. The predicted molar refractivity (Wildman–Crippen MR) is 104 cm³/mol. The van der Waals surface area contributed by atoms with Crippen LogP contribution < -0.4 is 10.6 Å². The first kappa shape index (κ1) is 23.2. The van der Waals surface area contributed by atoms with Gasteiger partial charge in [-0.15, -0.1) is 0 Å². The number of rotatable bonds is 2. The van der Waals surface area contributed by atoms with Crippen molar-refractivity contribution in [3.8, 4) is 0 Å². The van der Waals surface area contributed by atoms with Crippen molar-refractivity contribution in [2.24, 2.45) is 4.99 Å². The van der Waals surface area contributed by atoms with E-state index in [-0.39, 0.29) is 22.2 Å². The van der Waals surface area contributed by atoms with Crippen molar-refractivity contribution in [3.05, 3.63) is 28.8 Å². The molecule has 0 fully saturated rings. The fraction of sp³-hybridized carbons (Fsp3) is 0.444. The van der Waals surface area contributed by atoms with Gasteiger partial charge in [-0.05, 0) is 59.7 Å². The lowest BCUT2D eigenvalue weighted by atomic mass is 10.2. The number of aromatic carboxylic acids is 1. The molecule has 1 rings (SSSR count). The second-order valence-corrected chi connectivity index (χ2v) is 8.09. The van der Waals surface area contributed by atoms with Crippen LogP contribution in [0.25, 0.3) is 0 Å². The molecule has 9 nitrogen and oxygen atoms in total. The number of guanidine groups is 1. The topological polar surface area (TPSA) is 126 Å². The maximum atomic E-state index is 12.0. The number of ether oxygens (including phenoxy) is 2. The quantitative estimate of drug-likeness (QED) is 0.495. The predicted octanol–water partition coefficient (Wildman–Crippen LogP) is 4.08. The molecule has 0 aliphatic carbocycles. The molecule has 0 unspecified atom stereocenters. The maximum absolute atomic E-state index is 12.0. The van der Waals surface area contributed by atoms with Crippen molar-refractivity contribution in [1.29, 1.82) is 0 Å². The second-order valence-electron chi connectivity index (χ2n) is 7.68. The summed E-state index contributed by atoms with van der Waals surface area (Å²) in [4.78, 5) is 39.2. The van der Waals surface area contributed by atoms with Gasteiger partial charge in [-0.25, -0.2) is 19.4 Å². The molecule has 0 bridgehead atoms. The van der Waals surface area contributed by atoms with Gasteiger partial charge in [0.15, 0.2) is 0 Å². The zero-order valence-electron chi connectivity index (χ0n) is 16.5. The zero-order chi connectivity index (χ0) is 21.7. The number of benzene rings is 1. The van der Waals surface area contributed by atoms with Crippen LogP contribution in [0.15, 0.2) is 23.2 Å². The summed E-state index contributed by atoms with van der Waals surface area (Å²) in [6, 6.07) is 3.89. The summed E-state index contributed by atoms with van der Waals surface area (Å²) in [5.74, 6) is -1.47. The van der Waals surface area contributed by atoms with Gasteiger partial charge >= 0.3 is 18.2 Å². The molecule has 0 spiro atoms. The average molecular weight is 414 g/mol. The number of aliphatic imine (C=N–C) groups is 1. The van der Waals surface area contributed by atoms with Crippen LogP contribution in [0.2, 0.25) is 5.02 Å². The van der Waals surface area contributed by atoms with Gasteiger partial charge in [-0.1, -0.05) is 11.6 Å². The fourth-order valence-electron chi connectivity index (χ4n) is 1.76.